The van der Waals surface area contributed by atoms with Crippen LogP contribution in [0, 0.1) is 0 Å². The predicted octanol–water partition coefficient (Wildman–Crippen LogP) is 4.02. The van der Waals surface area contributed by atoms with Gasteiger partial charge in [-0.15, -0.1) is 11.3 Å². The summed E-state index contributed by atoms with van der Waals surface area (Å²) in [5, 5.41) is 20.4. The van der Waals surface area contributed by atoms with Gasteiger partial charge in [0.2, 0.25) is 0 Å². The Hall–Kier alpha value is -0.900. The molecule has 160 valence electrons. The van der Waals surface area contributed by atoms with E-state index >= 15 is 0 Å². The number of fused-ring (bicyclic) bond motifs is 1. The summed E-state index contributed by atoms with van der Waals surface area (Å²) in [6, 6.07) is 7.27. The SMILES string of the molecule is CCOP(=O)(COc1ccc2sc(C(C)N(OB(C)O)B(C)O)cc2c1)OCC. The fourth-order valence-corrected chi connectivity index (χ4v) is 5.20. The zero-order chi connectivity index (χ0) is 21.6. The summed E-state index contributed by atoms with van der Waals surface area (Å²) in [5.74, 6) is 0.557. The lowest BCUT2D eigenvalue weighted by atomic mass is 9.85. The summed E-state index contributed by atoms with van der Waals surface area (Å²) in [4.78, 5) is 2.31. The Morgan fingerprint density at radius 2 is 1.83 bits per heavy atom. The molecule has 0 saturated carbocycles. The van der Waals surface area contributed by atoms with Crippen LogP contribution in [0.2, 0.25) is 13.6 Å². The molecule has 2 N–H and O–H groups in total. The minimum absolute atomic E-state index is 0.161. The molecule has 29 heavy (non-hydrogen) atoms. The highest BCUT2D eigenvalue weighted by Gasteiger charge is 2.28. The fourth-order valence-electron chi connectivity index (χ4n) is 2.80. The third kappa shape index (κ3) is 6.80. The summed E-state index contributed by atoms with van der Waals surface area (Å²) in [5.41, 5.74) is 0. The highest BCUT2D eigenvalue weighted by molar-refractivity contribution is 7.53. The molecule has 0 radical (unpaired) electrons. The van der Waals surface area contributed by atoms with E-state index in [1.807, 2.05) is 25.1 Å². The molecule has 0 aliphatic heterocycles. The first-order valence-electron chi connectivity index (χ1n) is 9.54. The van der Waals surface area contributed by atoms with Crippen molar-refractivity contribution in [1.29, 1.82) is 0 Å². The van der Waals surface area contributed by atoms with Gasteiger partial charge < -0.3 is 28.6 Å². The van der Waals surface area contributed by atoms with Crippen molar-refractivity contribution >= 4 is 43.2 Å². The number of hydroxylamine groups is 1. The normalized spacial score (nSPS) is 13.1. The van der Waals surface area contributed by atoms with Gasteiger partial charge in [-0.2, -0.15) is 0 Å². The van der Waals surface area contributed by atoms with Crippen LogP contribution in [0.15, 0.2) is 24.3 Å². The Balaban J connectivity index is 2.18. The summed E-state index contributed by atoms with van der Waals surface area (Å²) in [6.45, 7) is 9.01. The van der Waals surface area contributed by atoms with Gasteiger partial charge in [0.1, 0.15) is 5.75 Å². The van der Waals surface area contributed by atoms with Gasteiger partial charge in [0.25, 0.3) is 0 Å². The van der Waals surface area contributed by atoms with E-state index in [2.05, 4.69) is 0 Å². The van der Waals surface area contributed by atoms with E-state index in [1.165, 1.54) is 11.8 Å². The van der Waals surface area contributed by atoms with E-state index in [4.69, 9.17) is 18.5 Å². The molecule has 1 atom stereocenters. The Labute approximate surface area is 176 Å². The number of hydrogen-bond acceptors (Lipinski definition) is 9. The molecule has 0 bridgehead atoms. The van der Waals surface area contributed by atoms with Crippen molar-refractivity contribution in [2.45, 2.75) is 40.5 Å². The molecule has 0 amide bonds. The van der Waals surface area contributed by atoms with E-state index in [1.54, 1.807) is 38.1 Å². The van der Waals surface area contributed by atoms with Crippen LogP contribution >= 0.6 is 18.9 Å². The minimum atomic E-state index is -3.29. The number of rotatable bonds is 12. The third-order valence-corrected chi connectivity index (χ3v) is 7.02. The number of hydrogen-bond donors (Lipinski definition) is 2. The molecule has 0 aliphatic rings. The maximum Gasteiger partial charge on any atom is 0.467 e. The monoisotopic (exact) mass is 443 g/mol. The Morgan fingerprint density at radius 1 is 1.17 bits per heavy atom. The van der Waals surface area contributed by atoms with Gasteiger partial charge in [-0.3, -0.25) is 4.57 Å². The summed E-state index contributed by atoms with van der Waals surface area (Å²) in [7, 11) is -5.22. The van der Waals surface area contributed by atoms with Crippen LogP contribution in [0.1, 0.15) is 31.7 Å². The number of nitrogens with zero attached hydrogens (tertiary/aromatic N) is 1. The van der Waals surface area contributed by atoms with Crippen molar-refractivity contribution in [3.05, 3.63) is 29.1 Å². The number of thiophene rings is 1. The van der Waals surface area contributed by atoms with Gasteiger partial charge in [0.15, 0.2) is 6.35 Å². The highest BCUT2D eigenvalue weighted by atomic mass is 32.1. The van der Waals surface area contributed by atoms with Crippen molar-refractivity contribution in [2.75, 3.05) is 19.6 Å². The predicted molar refractivity (Wildman–Crippen MR) is 117 cm³/mol. The van der Waals surface area contributed by atoms with Crippen molar-refractivity contribution < 1.29 is 33.2 Å². The molecule has 0 spiro atoms. The van der Waals surface area contributed by atoms with Crippen LogP contribution in [-0.4, -0.2) is 48.8 Å². The van der Waals surface area contributed by atoms with Crippen LogP contribution in [0.5, 0.6) is 5.75 Å². The van der Waals surface area contributed by atoms with Gasteiger partial charge in [0.05, 0.1) is 19.3 Å². The van der Waals surface area contributed by atoms with Crippen molar-refractivity contribution in [2.24, 2.45) is 0 Å². The maximum atomic E-state index is 12.5. The molecule has 2 rings (SSSR count). The molecule has 1 aromatic heterocycles. The van der Waals surface area contributed by atoms with Crippen molar-refractivity contribution in [3.63, 3.8) is 0 Å². The van der Waals surface area contributed by atoms with Crippen LogP contribution in [0.3, 0.4) is 0 Å². The lowest BCUT2D eigenvalue weighted by molar-refractivity contribution is -0.0387. The fraction of sp³-hybridized carbons (Fsp3) is 0.529. The average Bonchev–Trinajstić information content (AvgIpc) is 3.07. The van der Waals surface area contributed by atoms with E-state index in [0.29, 0.717) is 5.75 Å². The van der Waals surface area contributed by atoms with Crippen molar-refractivity contribution in [3.8, 4) is 5.75 Å². The topological polar surface area (TPSA) is 97.7 Å². The molecule has 0 fully saturated rings. The van der Waals surface area contributed by atoms with E-state index in [9.17, 15) is 14.6 Å². The van der Waals surface area contributed by atoms with Crippen LogP contribution in [0.4, 0.5) is 0 Å². The summed E-state index contributed by atoms with van der Waals surface area (Å²) >= 11 is 1.55. The van der Waals surface area contributed by atoms with Crippen LogP contribution < -0.4 is 4.74 Å². The van der Waals surface area contributed by atoms with Crippen LogP contribution in [-0.2, 0) is 18.4 Å². The van der Waals surface area contributed by atoms with Crippen LogP contribution in [0.25, 0.3) is 10.1 Å². The zero-order valence-corrected chi connectivity index (χ0v) is 19.1. The van der Waals surface area contributed by atoms with E-state index in [0.717, 1.165) is 15.0 Å². The van der Waals surface area contributed by atoms with Gasteiger partial charge in [-0.25, -0.2) is 4.97 Å². The quantitative estimate of drug-likeness (QED) is 0.289. The summed E-state index contributed by atoms with van der Waals surface area (Å²) in [6.07, 6.45) is -0.161. The Kier molecular flexibility index (Phi) is 9.18. The first-order chi connectivity index (χ1) is 13.7. The molecule has 1 unspecified atom stereocenters. The van der Waals surface area contributed by atoms with E-state index < -0.39 is 21.8 Å². The molecular formula is C17H28B2NO7PS. The van der Waals surface area contributed by atoms with Gasteiger partial charge in [0, 0.05) is 9.58 Å². The average molecular weight is 443 g/mol. The lowest BCUT2D eigenvalue weighted by Gasteiger charge is -2.29. The first-order valence-corrected chi connectivity index (χ1v) is 12.1. The lowest BCUT2D eigenvalue weighted by Crippen LogP contribution is -2.42. The second-order valence-electron chi connectivity index (χ2n) is 6.44. The maximum absolute atomic E-state index is 12.5. The smallest absolute Gasteiger partial charge is 0.467 e. The second kappa shape index (κ2) is 10.9. The Bertz CT molecular complexity index is 825. The Morgan fingerprint density at radius 3 is 2.38 bits per heavy atom. The molecule has 12 heteroatoms. The third-order valence-electron chi connectivity index (χ3n) is 3.98. The largest absolute Gasteiger partial charge is 0.481 e. The number of ether oxygens (including phenoxy) is 1. The molecular weight excluding hydrogens is 415 g/mol. The summed E-state index contributed by atoms with van der Waals surface area (Å²) < 4.78 is 35.1. The molecule has 0 aliphatic carbocycles. The number of benzene rings is 1. The molecule has 1 aromatic carbocycles. The first kappa shape index (κ1) is 24.4. The molecule has 0 saturated heterocycles. The standard InChI is InChI=1S/C17H28B2NO7PS/c1-6-25-28(23,26-7-2)12-24-15-8-9-16-14(10-15)11-17(29-16)13(3)20(18(4)21)27-19(5)22/h8-11,13,21-22H,6-7,12H2,1-5H3. The molecule has 1 heterocycles. The second-order valence-corrected chi connectivity index (χ2v) is 9.55. The van der Waals surface area contributed by atoms with Gasteiger partial charge in [-0.05, 0) is 64.1 Å². The van der Waals surface area contributed by atoms with Gasteiger partial charge >= 0.3 is 21.8 Å². The zero-order valence-electron chi connectivity index (χ0n) is 17.4. The molecule has 2 aromatic rings. The molecule has 8 nitrogen and oxygen atoms in total. The van der Waals surface area contributed by atoms with Gasteiger partial charge in [-0.1, -0.05) is 0 Å². The van der Waals surface area contributed by atoms with Crippen molar-refractivity contribution in [1.82, 2.24) is 4.97 Å². The minimum Gasteiger partial charge on any atom is -0.481 e. The van der Waals surface area contributed by atoms with E-state index in [-0.39, 0.29) is 25.6 Å². The highest BCUT2D eigenvalue weighted by Crippen LogP contribution is 2.48.